The molecule has 1 aromatic heterocycles. The zero-order valence-corrected chi connectivity index (χ0v) is 15.1. The summed E-state index contributed by atoms with van der Waals surface area (Å²) < 4.78 is 0. The van der Waals surface area contributed by atoms with Crippen molar-refractivity contribution in [1.82, 2.24) is 20.2 Å². The Kier molecular flexibility index (Phi) is 6.48. The highest BCUT2D eigenvalue weighted by atomic mass is 35.5. The number of hydrogen-bond donors (Lipinski definition) is 2. The number of benzene rings is 1. The molecule has 1 amide bonds. The molecular weight excluding hydrogens is 336 g/mol. The molecule has 0 aliphatic carbocycles. The van der Waals surface area contributed by atoms with Crippen LogP contribution < -0.4 is 5.32 Å². The summed E-state index contributed by atoms with van der Waals surface area (Å²) in [5.74, 6) is 0.824. The van der Waals surface area contributed by atoms with E-state index in [1.54, 1.807) is 6.33 Å². The summed E-state index contributed by atoms with van der Waals surface area (Å²) in [6.45, 7) is 3.54. The number of H-pyrrole nitrogens is 1. The van der Waals surface area contributed by atoms with Crippen molar-refractivity contribution in [3.8, 4) is 0 Å². The highest BCUT2D eigenvalue weighted by Gasteiger charge is 2.20. The van der Waals surface area contributed by atoms with Crippen LogP contribution in [0.4, 0.5) is 0 Å². The van der Waals surface area contributed by atoms with Gasteiger partial charge in [0.1, 0.15) is 0 Å². The molecule has 0 saturated carbocycles. The van der Waals surface area contributed by atoms with Crippen molar-refractivity contribution >= 4 is 17.5 Å². The van der Waals surface area contributed by atoms with Crippen molar-refractivity contribution < 1.29 is 4.79 Å². The number of rotatable bonds is 7. The molecule has 6 heteroatoms. The minimum atomic E-state index is 0.106. The van der Waals surface area contributed by atoms with E-state index in [2.05, 4.69) is 20.2 Å². The van der Waals surface area contributed by atoms with E-state index in [4.69, 9.17) is 11.6 Å². The van der Waals surface area contributed by atoms with Crippen molar-refractivity contribution in [3.05, 3.63) is 53.1 Å². The molecule has 1 fully saturated rings. The Labute approximate surface area is 153 Å². The van der Waals surface area contributed by atoms with E-state index in [9.17, 15) is 4.79 Å². The molecule has 1 aromatic carbocycles. The molecule has 0 atom stereocenters. The Morgan fingerprint density at radius 2 is 2.04 bits per heavy atom. The van der Waals surface area contributed by atoms with Gasteiger partial charge >= 0.3 is 0 Å². The molecule has 1 aliphatic rings. The molecule has 1 aliphatic heterocycles. The number of imidazole rings is 1. The van der Waals surface area contributed by atoms with Crippen LogP contribution in [0.2, 0.25) is 5.02 Å². The predicted molar refractivity (Wildman–Crippen MR) is 99.4 cm³/mol. The topological polar surface area (TPSA) is 61.0 Å². The van der Waals surface area contributed by atoms with Crippen molar-refractivity contribution in [1.29, 1.82) is 0 Å². The molecule has 5 nitrogen and oxygen atoms in total. The van der Waals surface area contributed by atoms with Crippen molar-refractivity contribution in [2.24, 2.45) is 5.92 Å². The molecule has 2 N–H and O–H groups in total. The molecular formula is C19H25ClN4O. The van der Waals surface area contributed by atoms with Gasteiger partial charge in [0.2, 0.25) is 5.91 Å². The minimum absolute atomic E-state index is 0.106. The second-order valence-electron chi connectivity index (χ2n) is 6.72. The van der Waals surface area contributed by atoms with Crippen LogP contribution >= 0.6 is 11.6 Å². The summed E-state index contributed by atoms with van der Waals surface area (Å²) in [5, 5.41) is 3.69. The standard InChI is InChI=1S/C19H25ClN4O/c20-17-3-1-16(2-4-17)12-22-19(25)7-10-24-8-5-15(6-9-24)11-18-13-21-14-23-18/h1-4,13-15H,5-12H2,(H,21,23)(H,22,25). The Morgan fingerprint density at radius 1 is 1.28 bits per heavy atom. The summed E-state index contributed by atoms with van der Waals surface area (Å²) in [7, 11) is 0. The average molecular weight is 361 g/mol. The molecule has 0 radical (unpaired) electrons. The van der Waals surface area contributed by atoms with Gasteiger partial charge in [0.25, 0.3) is 0 Å². The number of nitrogens with zero attached hydrogens (tertiary/aromatic N) is 2. The van der Waals surface area contributed by atoms with Gasteiger partial charge in [0, 0.05) is 36.4 Å². The van der Waals surface area contributed by atoms with Crippen LogP contribution in [0.25, 0.3) is 0 Å². The monoisotopic (exact) mass is 360 g/mol. The lowest BCUT2D eigenvalue weighted by atomic mass is 9.92. The Bertz CT molecular complexity index is 649. The van der Waals surface area contributed by atoms with Crippen molar-refractivity contribution in [2.75, 3.05) is 19.6 Å². The number of piperidine rings is 1. The van der Waals surface area contributed by atoms with E-state index in [1.807, 2.05) is 30.5 Å². The Balaban J connectivity index is 1.31. The fourth-order valence-corrected chi connectivity index (χ4v) is 3.40. The van der Waals surface area contributed by atoms with Gasteiger partial charge in [-0.3, -0.25) is 4.79 Å². The van der Waals surface area contributed by atoms with Crippen LogP contribution in [0, 0.1) is 5.92 Å². The van der Waals surface area contributed by atoms with Crippen LogP contribution in [0.1, 0.15) is 30.5 Å². The maximum Gasteiger partial charge on any atom is 0.221 e. The highest BCUT2D eigenvalue weighted by Crippen LogP contribution is 2.20. The van der Waals surface area contributed by atoms with E-state index in [0.29, 0.717) is 18.0 Å². The zero-order valence-electron chi connectivity index (χ0n) is 14.4. The number of likely N-dealkylation sites (tertiary alicyclic amines) is 1. The van der Waals surface area contributed by atoms with Crippen molar-refractivity contribution in [3.63, 3.8) is 0 Å². The number of carbonyl (C=O) groups is 1. The lowest BCUT2D eigenvalue weighted by molar-refractivity contribution is -0.121. The van der Waals surface area contributed by atoms with E-state index < -0.39 is 0 Å². The van der Waals surface area contributed by atoms with Gasteiger partial charge in [-0.2, -0.15) is 0 Å². The third-order valence-corrected chi connectivity index (χ3v) is 5.08. The molecule has 0 spiro atoms. The summed E-state index contributed by atoms with van der Waals surface area (Å²) in [6.07, 6.45) is 7.66. The van der Waals surface area contributed by atoms with Crippen LogP contribution in [-0.2, 0) is 17.8 Å². The van der Waals surface area contributed by atoms with Crippen LogP contribution in [0.15, 0.2) is 36.8 Å². The number of aromatic nitrogens is 2. The van der Waals surface area contributed by atoms with Gasteiger partial charge in [-0.05, 0) is 56.0 Å². The lowest BCUT2D eigenvalue weighted by Gasteiger charge is -2.31. The number of amides is 1. The van der Waals surface area contributed by atoms with Gasteiger partial charge in [-0.25, -0.2) is 4.98 Å². The largest absolute Gasteiger partial charge is 0.352 e. The maximum atomic E-state index is 12.0. The first-order valence-corrected chi connectivity index (χ1v) is 9.27. The van der Waals surface area contributed by atoms with Crippen LogP contribution in [0.5, 0.6) is 0 Å². The first-order valence-electron chi connectivity index (χ1n) is 8.90. The van der Waals surface area contributed by atoms with Gasteiger partial charge in [0.15, 0.2) is 0 Å². The third kappa shape index (κ3) is 5.87. The lowest BCUT2D eigenvalue weighted by Crippen LogP contribution is -2.37. The van der Waals surface area contributed by atoms with Crippen LogP contribution in [-0.4, -0.2) is 40.4 Å². The smallest absolute Gasteiger partial charge is 0.221 e. The van der Waals surface area contributed by atoms with Crippen LogP contribution in [0.3, 0.4) is 0 Å². The van der Waals surface area contributed by atoms with Gasteiger partial charge < -0.3 is 15.2 Å². The van der Waals surface area contributed by atoms with E-state index >= 15 is 0 Å². The number of hydrogen-bond acceptors (Lipinski definition) is 3. The number of carbonyl (C=O) groups excluding carboxylic acids is 1. The Morgan fingerprint density at radius 3 is 2.72 bits per heavy atom. The molecule has 1 saturated heterocycles. The molecule has 0 unspecified atom stereocenters. The van der Waals surface area contributed by atoms with E-state index in [0.717, 1.165) is 37.5 Å². The molecule has 25 heavy (non-hydrogen) atoms. The first-order chi connectivity index (χ1) is 12.2. The van der Waals surface area contributed by atoms with Gasteiger partial charge in [-0.15, -0.1) is 0 Å². The fraction of sp³-hybridized carbons (Fsp3) is 0.474. The Hall–Kier alpha value is -1.85. The quantitative estimate of drug-likeness (QED) is 0.797. The summed E-state index contributed by atoms with van der Waals surface area (Å²) >= 11 is 5.86. The maximum absolute atomic E-state index is 12.0. The highest BCUT2D eigenvalue weighted by molar-refractivity contribution is 6.30. The van der Waals surface area contributed by atoms with E-state index in [-0.39, 0.29) is 5.91 Å². The van der Waals surface area contributed by atoms with E-state index in [1.165, 1.54) is 18.5 Å². The SMILES string of the molecule is O=C(CCN1CCC(Cc2cnc[nH]2)CC1)NCc1ccc(Cl)cc1. The molecule has 3 rings (SSSR count). The number of halogens is 1. The normalized spacial score (nSPS) is 16.0. The number of aromatic amines is 1. The van der Waals surface area contributed by atoms with Gasteiger partial charge in [-0.1, -0.05) is 23.7 Å². The zero-order chi connectivity index (χ0) is 17.5. The van der Waals surface area contributed by atoms with Crippen molar-refractivity contribution in [2.45, 2.75) is 32.2 Å². The second kappa shape index (κ2) is 9.02. The second-order valence-corrected chi connectivity index (χ2v) is 7.16. The summed E-state index contributed by atoms with van der Waals surface area (Å²) in [6, 6.07) is 7.56. The average Bonchev–Trinajstić information content (AvgIpc) is 3.14. The molecule has 0 bridgehead atoms. The first kappa shape index (κ1) is 18.0. The molecule has 2 heterocycles. The summed E-state index contributed by atoms with van der Waals surface area (Å²) in [4.78, 5) is 21.7. The molecule has 134 valence electrons. The summed E-state index contributed by atoms with van der Waals surface area (Å²) in [5.41, 5.74) is 2.29. The number of nitrogens with one attached hydrogen (secondary N) is 2. The van der Waals surface area contributed by atoms with Gasteiger partial charge in [0.05, 0.1) is 6.33 Å². The third-order valence-electron chi connectivity index (χ3n) is 4.83. The predicted octanol–water partition coefficient (Wildman–Crippen LogP) is 3.02. The minimum Gasteiger partial charge on any atom is -0.352 e. The molecule has 2 aromatic rings. The fourth-order valence-electron chi connectivity index (χ4n) is 3.27.